The lowest BCUT2D eigenvalue weighted by atomic mass is 10.3. The lowest BCUT2D eigenvalue weighted by Crippen LogP contribution is -2.00. The van der Waals surface area contributed by atoms with Gasteiger partial charge in [0.1, 0.15) is 4.88 Å². The monoisotopic (exact) mass is 270 g/mol. The molecule has 0 aromatic carbocycles. The predicted molar refractivity (Wildman–Crippen MR) is 69.5 cm³/mol. The van der Waals surface area contributed by atoms with Gasteiger partial charge in [0.05, 0.1) is 11.3 Å². The SMILES string of the molecule is COC(=O)c1sccc1CSc1cccs1. The Labute approximate surface area is 106 Å². The fourth-order valence-electron chi connectivity index (χ4n) is 1.22. The van der Waals surface area contributed by atoms with Crippen LogP contribution in [-0.4, -0.2) is 13.1 Å². The van der Waals surface area contributed by atoms with E-state index in [1.54, 1.807) is 23.1 Å². The zero-order valence-corrected chi connectivity index (χ0v) is 11.1. The van der Waals surface area contributed by atoms with E-state index in [9.17, 15) is 4.79 Å². The molecule has 0 aliphatic heterocycles. The van der Waals surface area contributed by atoms with Gasteiger partial charge in [0.2, 0.25) is 0 Å². The molecule has 0 saturated carbocycles. The molecule has 5 heteroatoms. The molecule has 2 aromatic rings. The van der Waals surface area contributed by atoms with E-state index in [1.165, 1.54) is 22.7 Å². The first-order valence-corrected chi connectivity index (χ1v) is 7.36. The summed E-state index contributed by atoms with van der Waals surface area (Å²) in [6.45, 7) is 0. The minimum Gasteiger partial charge on any atom is -0.465 e. The molecule has 84 valence electrons. The second-order valence-corrected chi connectivity index (χ2v) is 6.13. The van der Waals surface area contributed by atoms with Crippen molar-refractivity contribution >= 4 is 40.4 Å². The summed E-state index contributed by atoms with van der Waals surface area (Å²) in [6.07, 6.45) is 0. The summed E-state index contributed by atoms with van der Waals surface area (Å²) in [4.78, 5) is 12.2. The highest BCUT2D eigenvalue weighted by Gasteiger charge is 2.13. The van der Waals surface area contributed by atoms with Gasteiger partial charge in [-0.2, -0.15) is 0 Å². The van der Waals surface area contributed by atoms with Crippen molar-refractivity contribution in [3.63, 3.8) is 0 Å². The molecule has 2 rings (SSSR count). The Kier molecular flexibility index (Phi) is 4.04. The molecule has 2 aromatic heterocycles. The number of hydrogen-bond donors (Lipinski definition) is 0. The van der Waals surface area contributed by atoms with Crippen molar-refractivity contribution in [1.82, 2.24) is 0 Å². The third kappa shape index (κ3) is 2.66. The molecule has 0 aliphatic rings. The van der Waals surface area contributed by atoms with Crippen molar-refractivity contribution in [1.29, 1.82) is 0 Å². The molecule has 2 nitrogen and oxygen atoms in total. The maximum Gasteiger partial charge on any atom is 0.348 e. The molecule has 16 heavy (non-hydrogen) atoms. The lowest BCUT2D eigenvalue weighted by Gasteiger charge is -2.00. The standard InChI is InChI=1S/C11H10O2S3/c1-13-11(12)10-8(4-6-15-10)7-16-9-3-2-5-14-9/h2-6H,7H2,1H3. The van der Waals surface area contributed by atoms with Gasteiger partial charge in [-0.1, -0.05) is 6.07 Å². The molecule has 0 N–H and O–H groups in total. The second kappa shape index (κ2) is 5.52. The number of rotatable bonds is 4. The largest absolute Gasteiger partial charge is 0.465 e. The normalized spacial score (nSPS) is 10.3. The number of ether oxygens (including phenoxy) is 1. The number of carbonyl (C=O) groups is 1. The molecule has 0 saturated heterocycles. The molecule has 0 spiro atoms. The van der Waals surface area contributed by atoms with Crippen molar-refractivity contribution in [2.75, 3.05) is 7.11 Å². The number of carbonyl (C=O) groups excluding carboxylic acids is 1. The van der Waals surface area contributed by atoms with Crippen LogP contribution in [0.4, 0.5) is 0 Å². The summed E-state index contributed by atoms with van der Waals surface area (Å²) < 4.78 is 6.00. The quantitative estimate of drug-likeness (QED) is 0.623. The Morgan fingerprint density at radius 3 is 2.94 bits per heavy atom. The van der Waals surface area contributed by atoms with Gasteiger partial charge in [-0.05, 0) is 28.5 Å². The Bertz CT molecular complexity index is 459. The molecule has 0 bridgehead atoms. The summed E-state index contributed by atoms with van der Waals surface area (Å²) in [5.41, 5.74) is 1.05. The average molecular weight is 270 g/mol. The molecule has 0 radical (unpaired) electrons. The molecular weight excluding hydrogens is 260 g/mol. The number of hydrogen-bond acceptors (Lipinski definition) is 5. The van der Waals surface area contributed by atoms with Crippen LogP contribution in [0.1, 0.15) is 15.2 Å². The van der Waals surface area contributed by atoms with Crippen molar-refractivity contribution in [2.24, 2.45) is 0 Å². The maximum atomic E-state index is 11.4. The van der Waals surface area contributed by atoms with Crippen LogP contribution >= 0.6 is 34.4 Å². The molecule has 2 heterocycles. The van der Waals surface area contributed by atoms with Crippen molar-refractivity contribution in [3.05, 3.63) is 39.4 Å². The first kappa shape index (κ1) is 11.7. The Hall–Kier alpha value is -0.780. The van der Waals surface area contributed by atoms with Gasteiger partial charge in [-0.3, -0.25) is 0 Å². The Morgan fingerprint density at radius 2 is 2.25 bits per heavy atom. The molecular formula is C11H10O2S3. The van der Waals surface area contributed by atoms with Crippen LogP contribution in [0, 0.1) is 0 Å². The van der Waals surface area contributed by atoms with Crippen LogP contribution in [0.5, 0.6) is 0 Å². The van der Waals surface area contributed by atoms with Gasteiger partial charge in [0.25, 0.3) is 0 Å². The minimum absolute atomic E-state index is 0.239. The third-order valence-electron chi connectivity index (χ3n) is 1.98. The van der Waals surface area contributed by atoms with Crippen LogP contribution in [0.25, 0.3) is 0 Å². The first-order valence-electron chi connectivity index (χ1n) is 4.62. The highest BCUT2D eigenvalue weighted by Crippen LogP contribution is 2.30. The van der Waals surface area contributed by atoms with Crippen molar-refractivity contribution in [3.8, 4) is 0 Å². The summed E-state index contributed by atoms with van der Waals surface area (Å²) in [5.74, 6) is 0.575. The lowest BCUT2D eigenvalue weighted by molar-refractivity contribution is 0.0605. The van der Waals surface area contributed by atoms with Gasteiger partial charge in [0.15, 0.2) is 0 Å². The van der Waals surface area contributed by atoms with Gasteiger partial charge in [-0.15, -0.1) is 34.4 Å². The molecule has 0 fully saturated rings. The summed E-state index contributed by atoms with van der Waals surface area (Å²) in [5, 5.41) is 3.98. The van der Waals surface area contributed by atoms with Crippen LogP contribution in [0.2, 0.25) is 0 Å². The van der Waals surface area contributed by atoms with E-state index in [1.807, 2.05) is 17.5 Å². The number of thioether (sulfide) groups is 1. The predicted octanol–water partition coefficient (Wildman–Crippen LogP) is 3.89. The van der Waals surface area contributed by atoms with E-state index < -0.39 is 0 Å². The number of methoxy groups -OCH3 is 1. The van der Waals surface area contributed by atoms with E-state index in [4.69, 9.17) is 4.74 Å². The van der Waals surface area contributed by atoms with Crippen LogP contribution < -0.4 is 0 Å². The van der Waals surface area contributed by atoms with Crippen LogP contribution in [0.15, 0.2) is 33.2 Å². The van der Waals surface area contributed by atoms with Crippen LogP contribution in [0.3, 0.4) is 0 Å². The molecule has 0 aliphatic carbocycles. The first-order chi connectivity index (χ1) is 7.81. The third-order valence-corrected chi connectivity index (χ3v) is 5.10. The fourth-order valence-corrected chi connectivity index (χ4v) is 3.92. The Balaban J connectivity index is 2.04. The number of thiophene rings is 2. The van der Waals surface area contributed by atoms with E-state index in [2.05, 4.69) is 11.4 Å². The van der Waals surface area contributed by atoms with E-state index >= 15 is 0 Å². The van der Waals surface area contributed by atoms with E-state index in [0.717, 1.165) is 11.3 Å². The van der Waals surface area contributed by atoms with Crippen molar-refractivity contribution < 1.29 is 9.53 Å². The molecule has 0 unspecified atom stereocenters. The summed E-state index contributed by atoms with van der Waals surface area (Å²) in [7, 11) is 1.41. The maximum absolute atomic E-state index is 11.4. The zero-order chi connectivity index (χ0) is 11.4. The molecule has 0 amide bonds. The van der Waals surface area contributed by atoms with Gasteiger partial charge >= 0.3 is 5.97 Å². The van der Waals surface area contributed by atoms with Crippen molar-refractivity contribution in [2.45, 2.75) is 9.96 Å². The fraction of sp³-hybridized carbons (Fsp3) is 0.182. The number of esters is 1. The summed E-state index contributed by atoms with van der Waals surface area (Å²) in [6, 6.07) is 6.10. The molecule has 0 atom stereocenters. The topological polar surface area (TPSA) is 26.3 Å². The average Bonchev–Trinajstić information content (AvgIpc) is 2.96. The zero-order valence-electron chi connectivity index (χ0n) is 8.64. The van der Waals surface area contributed by atoms with E-state index in [0.29, 0.717) is 4.88 Å². The van der Waals surface area contributed by atoms with E-state index in [-0.39, 0.29) is 5.97 Å². The Morgan fingerprint density at radius 1 is 1.38 bits per heavy atom. The minimum atomic E-state index is -0.239. The van der Waals surface area contributed by atoms with Gasteiger partial charge < -0.3 is 4.74 Å². The highest BCUT2D eigenvalue weighted by molar-refractivity contribution is 8.00. The van der Waals surface area contributed by atoms with Gasteiger partial charge in [0, 0.05) is 5.75 Å². The highest BCUT2D eigenvalue weighted by atomic mass is 32.2. The second-order valence-electron chi connectivity index (χ2n) is 2.99. The smallest absolute Gasteiger partial charge is 0.348 e. The van der Waals surface area contributed by atoms with Crippen LogP contribution in [-0.2, 0) is 10.5 Å². The van der Waals surface area contributed by atoms with Gasteiger partial charge in [-0.25, -0.2) is 4.79 Å². The summed E-state index contributed by atoms with van der Waals surface area (Å²) >= 11 is 4.89.